The molecule has 0 fully saturated rings. The topological polar surface area (TPSA) is 43.3 Å². The molecule has 2 heterocycles. The Labute approximate surface area is 118 Å². The zero-order valence-corrected chi connectivity index (χ0v) is 12.0. The van der Waals surface area contributed by atoms with Crippen LogP contribution < -0.4 is 5.32 Å². The number of benzene rings is 1. The Morgan fingerprint density at radius 3 is 3.00 bits per heavy atom. The molecule has 0 saturated heterocycles. The van der Waals surface area contributed by atoms with E-state index < -0.39 is 0 Å². The van der Waals surface area contributed by atoms with Gasteiger partial charge in [-0.2, -0.15) is 0 Å². The second kappa shape index (κ2) is 5.29. The van der Waals surface area contributed by atoms with Crippen molar-refractivity contribution in [3.63, 3.8) is 0 Å². The van der Waals surface area contributed by atoms with Crippen LogP contribution in [0.1, 0.15) is 17.7 Å². The number of rotatable bonds is 3. The van der Waals surface area contributed by atoms with Gasteiger partial charge in [0, 0.05) is 29.2 Å². The van der Waals surface area contributed by atoms with Crippen LogP contribution in [0.25, 0.3) is 10.9 Å². The number of likely N-dealkylation sites (N-methyl/N-ethyl adjacent to an activating group) is 1. The van der Waals surface area contributed by atoms with E-state index in [2.05, 4.69) is 28.1 Å². The van der Waals surface area contributed by atoms with Gasteiger partial charge in [0.2, 0.25) is 0 Å². The highest BCUT2D eigenvalue weighted by atomic mass is 16.5. The van der Waals surface area contributed by atoms with Crippen molar-refractivity contribution >= 4 is 16.9 Å². The van der Waals surface area contributed by atoms with Crippen LogP contribution in [0.4, 0.5) is 0 Å². The molecule has 0 aliphatic carbocycles. The zero-order valence-electron chi connectivity index (χ0n) is 12.0. The lowest BCUT2D eigenvalue weighted by Crippen LogP contribution is -2.35. The van der Waals surface area contributed by atoms with Crippen LogP contribution in [0.3, 0.4) is 0 Å². The van der Waals surface area contributed by atoms with Crippen molar-refractivity contribution in [3.8, 4) is 0 Å². The van der Waals surface area contributed by atoms with Gasteiger partial charge in [-0.3, -0.25) is 4.79 Å². The number of hydrogen-bond acceptors (Lipinski definition) is 3. The molecule has 0 bridgehead atoms. The number of aromatic nitrogens is 1. The first-order valence-electron chi connectivity index (χ1n) is 7.07. The number of carbonyl (C=O) groups excluding carboxylic acids is 1. The number of hydrogen-bond donors (Lipinski definition) is 1. The predicted octanol–water partition coefficient (Wildman–Crippen LogP) is 1.89. The Morgan fingerprint density at radius 2 is 2.25 bits per heavy atom. The Balaban J connectivity index is 2.12. The van der Waals surface area contributed by atoms with Gasteiger partial charge in [-0.1, -0.05) is 18.2 Å². The quantitative estimate of drug-likeness (QED) is 0.868. The highest BCUT2D eigenvalue weighted by molar-refractivity contribution is 5.89. The fourth-order valence-corrected chi connectivity index (χ4v) is 3.19. The predicted molar refractivity (Wildman–Crippen MR) is 78.8 cm³/mol. The van der Waals surface area contributed by atoms with Crippen molar-refractivity contribution in [3.05, 3.63) is 35.5 Å². The van der Waals surface area contributed by atoms with Crippen molar-refractivity contribution in [1.29, 1.82) is 0 Å². The second-order valence-corrected chi connectivity index (χ2v) is 5.33. The van der Waals surface area contributed by atoms with Gasteiger partial charge in [0.05, 0.1) is 13.5 Å². The zero-order chi connectivity index (χ0) is 14.1. The molecule has 1 aromatic heterocycles. The number of esters is 1. The summed E-state index contributed by atoms with van der Waals surface area (Å²) in [6, 6.07) is 8.83. The van der Waals surface area contributed by atoms with Crippen LogP contribution in [0.2, 0.25) is 0 Å². The summed E-state index contributed by atoms with van der Waals surface area (Å²) in [5.41, 5.74) is 3.66. The summed E-state index contributed by atoms with van der Waals surface area (Å²) in [6.45, 7) is 0.966. The average molecular weight is 272 g/mol. The third-order valence-electron chi connectivity index (χ3n) is 4.28. The van der Waals surface area contributed by atoms with E-state index in [4.69, 9.17) is 4.74 Å². The largest absolute Gasteiger partial charge is 0.469 e. The average Bonchev–Trinajstić information content (AvgIpc) is 2.81. The highest BCUT2D eigenvalue weighted by Crippen LogP contribution is 2.31. The summed E-state index contributed by atoms with van der Waals surface area (Å²) in [4.78, 5) is 11.7. The standard InChI is InChI=1S/C16H20N2O2/c1-17-11-7-8-15-13(9-16(19)20-2)12-5-3-4-6-14(12)18(15)10-11/h3-6,11,17H,7-10H2,1-2H3. The van der Waals surface area contributed by atoms with E-state index in [0.717, 1.165) is 24.9 Å². The number of carbonyl (C=O) groups is 1. The van der Waals surface area contributed by atoms with Crippen molar-refractivity contribution in [2.75, 3.05) is 14.2 Å². The number of nitrogens with zero attached hydrogens (tertiary/aromatic N) is 1. The normalized spacial score (nSPS) is 18.0. The lowest BCUT2D eigenvalue weighted by Gasteiger charge is -2.25. The van der Waals surface area contributed by atoms with E-state index >= 15 is 0 Å². The molecule has 0 radical (unpaired) electrons. The monoisotopic (exact) mass is 272 g/mol. The molecule has 1 aromatic carbocycles. The molecule has 4 heteroatoms. The van der Waals surface area contributed by atoms with E-state index in [-0.39, 0.29) is 5.97 Å². The summed E-state index contributed by atoms with van der Waals surface area (Å²) in [7, 11) is 3.46. The Hall–Kier alpha value is -1.81. The highest BCUT2D eigenvalue weighted by Gasteiger charge is 2.24. The van der Waals surface area contributed by atoms with Crippen LogP contribution >= 0.6 is 0 Å². The van der Waals surface area contributed by atoms with E-state index in [1.807, 2.05) is 13.1 Å². The molecular weight excluding hydrogens is 252 g/mol. The Morgan fingerprint density at radius 1 is 1.45 bits per heavy atom. The number of nitrogens with one attached hydrogen (secondary N) is 1. The van der Waals surface area contributed by atoms with E-state index in [1.165, 1.54) is 23.7 Å². The minimum Gasteiger partial charge on any atom is -0.469 e. The SMILES string of the molecule is CNC1CCc2c(CC(=O)OC)c3ccccc3n2C1. The number of ether oxygens (including phenoxy) is 1. The molecule has 1 aliphatic heterocycles. The maximum absolute atomic E-state index is 11.7. The molecule has 1 atom stereocenters. The fourth-order valence-electron chi connectivity index (χ4n) is 3.19. The van der Waals surface area contributed by atoms with Crippen molar-refractivity contribution in [2.45, 2.75) is 31.8 Å². The first kappa shape index (κ1) is 13.2. The fraction of sp³-hybridized carbons (Fsp3) is 0.438. The Bertz CT molecular complexity index is 645. The van der Waals surface area contributed by atoms with Gasteiger partial charge < -0.3 is 14.6 Å². The number of methoxy groups -OCH3 is 1. The smallest absolute Gasteiger partial charge is 0.310 e. The molecule has 106 valence electrons. The van der Waals surface area contributed by atoms with Crippen LogP contribution in [0.5, 0.6) is 0 Å². The van der Waals surface area contributed by atoms with Crippen molar-refractivity contribution in [2.24, 2.45) is 0 Å². The lowest BCUT2D eigenvalue weighted by molar-refractivity contribution is -0.139. The summed E-state index contributed by atoms with van der Waals surface area (Å²) in [5.74, 6) is -0.167. The summed E-state index contributed by atoms with van der Waals surface area (Å²) < 4.78 is 7.20. The summed E-state index contributed by atoms with van der Waals surface area (Å²) in [6.07, 6.45) is 2.48. The lowest BCUT2D eigenvalue weighted by atomic mass is 10.0. The molecule has 20 heavy (non-hydrogen) atoms. The molecule has 0 amide bonds. The summed E-state index contributed by atoms with van der Waals surface area (Å²) >= 11 is 0. The molecule has 1 unspecified atom stereocenters. The molecule has 1 aliphatic rings. The number of fused-ring (bicyclic) bond motifs is 3. The molecule has 2 aromatic rings. The number of para-hydroxylation sites is 1. The van der Waals surface area contributed by atoms with E-state index in [1.54, 1.807) is 0 Å². The van der Waals surface area contributed by atoms with Crippen LogP contribution in [-0.4, -0.2) is 30.7 Å². The molecular formula is C16H20N2O2. The molecule has 3 rings (SSSR count). The van der Waals surface area contributed by atoms with Crippen LogP contribution in [0, 0.1) is 0 Å². The third-order valence-corrected chi connectivity index (χ3v) is 4.28. The molecule has 0 saturated carbocycles. The first-order chi connectivity index (χ1) is 9.74. The molecule has 1 N–H and O–H groups in total. The first-order valence-corrected chi connectivity index (χ1v) is 7.07. The van der Waals surface area contributed by atoms with Gasteiger partial charge in [0.1, 0.15) is 0 Å². The van der Waals surface area contributed by atoms with Crippen molar-refractivity contribution in [1.82, 2.24) is 9.88 Å². The molecule has 4 nitrogen and oxygen atoms in total. The van der Waals surface area contributed by atoms with E-state index in [0.29, 0.717) is 12.5 Å². The second-order valence-electron chi connectivity index (χ2n) is 5.33. The van der Waals surface area contributed by atoms with Crippen molar-refractivity contribution < 1.29 is 9.53 Å². The minimum absolute atomic E-state index is 0.167. The van der Waals surface area contributed by atoms with Crippen LogP contribution in [-0.2, 0) is 28.9 Å². The Kier molecular flexibility index (Phi) is 3.49. The van der Waals surface area contributed by atoms with E-state index in [9.17, 15) is 4.79 Å². The van der Waals surface area contributed by atoms with Gasteiger partial charge in [0.25, 0.3) is 0 Å². The third kappa shape index (κ3) is 2.10. The van der Waals surface area contributed by atoms with Gasteiger partial charge in [-0.05, 0) is 31.5 Å². The van der Waals surface area contributed by atoms with Gasteiger partial charge in [0.15, 0.2) is 0 Å². The molecule has 0 spiro atoms. The maximum Gasteiger partial charge on any atom is 0.310 e. The van der Waals surface area contributed by atoms with Crippen LogP contribution in [0.15, 0.2) is 24.3 Å². The van der Waals surface area contributed by atoms with Gasteiger partial charge in [-0.15, -0.1) is 0 Å². The van der Waals surface area contributed by atoms with Gasteiger partial charge in [-0.25, -0.2) is 0 Å². The summed E-state index contributed by atoms with van der Waals surface area (Å²) in [5, 5.41) is 4.54. The minimum atomic E-state index is -0.167. The van der Waals surface area contributed by atoms with Gasteiger partial charge >= 0.3 is 5.97 Å². The maximum atomic E-state index is 11.7.